The Labute approximate surface area is 115 Å². The molecule has 1 aromatic heterocycles. The minimum absolute atomic E-state index is 0.00242. The predicted molar refractivity (Wildman–Crippen MR) is 69.2 cm³/mol. The summed E-state index contributed by atoms with van der Waals surface area (Å²) in [5, 5.41) is 3.89. The summed E-state index contributed by atoms with van der Waals surface area (Å²) in [5.74, 6) is 0. The van der Waals surface area contributed by atoms with Gasteiger partial charge in [-0.05, 0) is 40.3 Å². The molecule has 2 aromatic rings. The van der Waals surface area contributed by atoms with Crippen LogP contribution in [0.15, 0.2) is 30.6 Å². The molecule has 0 fully saturated rings. The third-order valence-corrected chi connectivity index (χ3v) is 2.96. The molecule has 0 amide bonds. The molecule has 96 valence electrons. The van der Waals surface area contributed by atoms with Crippen molar-refractivity contribution in [2.24, 2.45) is 5.73 Å². The van der Waals surface area contributed by atoms with E-state index in [4.69, 9.17) is 5.73 Å². The van der Waals surface area contributed by atoms with Crippen molar-refractivity contribution in [3.8, 4) is 5.69 Å². The van der Waals surface area contributed by atoms with Gasteiger partial charge in [-0.3, -0.25) is 0 Å². The normalized spacial score (nSPS) is 11.8. The molecule has 0 saturated carbocycles. The van der Waals surface area contributed by atoms with Crippen molar-refractivity contribution in [2.45, 2.75) is 12.7 Å². The lowest BCUT2D eigenvalue weighted by Crippen LogP contribution is -2.12. The van der Waals surface area contributed by atoms with Gasteiger partial charge in [-0.1, -0.05) is 6.07 Å². The Kier molecular flexibility index (Phi) is 3.62. The van der Waals surface area contributed by atoms with Crippen LogP contribution in [0.5, 0.6) is 0 Å². The van der Waals surface area contributed by atoms with E-state index < -0.39 is 11.7 Å². The van der Waals surface area contributed by atoms with E-state index in [1.165, 1.54) is 23.1 Å². The molecule has 2 rings (SSSR count). The molecule has 2 N–H and O–H groups in total. The van der Waals surface area contributed by atoms with Gasteiger partial charge in [0.15, 0.2) is 0 Å². The molecule has 1 heterocycles. The molecule has 0 aliphatic rings. The van der Waals surface area contributed by atoms with Gasteiger partial charge in [-0.2, -0.15) is 18.3 Å². The summed E-state index contributed by atoms with van der Waals surface area (Å²) >= 11 is 1.99. The van der Waals surface area contributed by atoms with E-state index >= 15 is 0 Å². The van der Waals surface area contributed by atoms with Crippen LogP contribution in [0.2, 0.25) is 0 Å². The van der Waals surface area contributed by atoms with E-state index in [-0.39, 0.29) is 12.2 Å². The van der Waals surface area contributed by atoms with E-state index in [1.807, 2.05) is 22.6 Å². The van der Waals surface area contributed by atoms with Crippen LogP contribution in [0.3, 0.4) is 0 Å². The van der Waals surface area contributed by atoms with Crippen LogP contribution >= 0.6 is 22.6 Å². The third kappa shape index (κ3) is 2.66. The number of nitrogens with two attached hydrogens (primary N) is 1. The molecule has 0 atom stereocenters. The summed E-state index contributed by atoms with van der Waals surface area (Å²) in [4.78, 5) is 0. The van der Waals surface area contributed by atoms with Crippen LogP contribution < -0.4 is 5.73 Å². The van der Waals surface area contributed by atoms with Gasteiger partial charge in [0.25, 0.3) is 0 Å². The number of alkyl halides is 3. The Morgan fingerprint density at radius 3 is 2.56 bits per heavy atom. The fraction of sp³-hybridized carbons (Fsp3) is 0.182. The molecule has 0 radical (unpaired) electrons. The number of benzene rings is 1. The second-order valence-corrected chi connectivity index (χ2v) is 4.90. The Bertz CT molecular complexity index is 563. The van der Waals surface area contributed by atoms with Crippen LogP contribution in [0.25, 0.3) is 5.69 Å². The van der Waals surface area contributed by atoms with Gasteiger partial charge >= 0.3 is 6.18 Å². The smallest absolute Gasteiger partial charge is 0.326 e. The largest absolute Gasteiger partial charge is 0.418 e. The van der Waals surface area contributed by atoms with Crippen LogP contribution in [-0.4, -0.2) is 9.78 Å². The molecule has 7 heteroatoms. The second-order valence-electron chi connectivity index (χ2n) is 3.66. The first-order chi connectivity index (χ1) is 8.41. The highest BCUT2D eigenvalue weighted by molar-refractivity contribution is 14.1. The Hall–Kier alpha value is -1.09. The van der Waals surface area contributed by atoms with Crippen LogP contribution in [0.1, 0.15) is 11.1 Å². The number of hydrogen-bond acceptors (Lipinski definition) is 2. The van der Waals surface area contributed by atoms with E-state index in [9.17, 15) is 13.2 Å². The Morgan fingerprint density at radius 1 is 1.33 bits per heavy atom. The molecule has 0 unspecified atom stereocenters. The summed E-state index contributed by atoms with van der Waals surface area (Å²) < 4.78 is 40.9. The van der Waals surface area contributed by atoms with Crippen molar-refractivity contribution in [1.29, 1.82) is 0 Å². The van der Waals surface area contributed by atoms with E-state index in [0.717, 1.165) is 9.64 Å². The number of aromatic nitrogens is 2. The van der Waals surface area contributed by atoms with Crippen LogP contribution in [0.4, 0.5) is 13.2 Å². The fourth-order valence-corrected chi connectivity index (χ4v) is 1.96. The molecule has 18 heavy (non-hydrogen) atoms. The average Bonchev–Trinajstić information content (AvgIpc) is 2.74. The van der Waals surface area contributed by atoms with Gasteiger partial charge in [-0.25, -0.2) is 4.68 Å². The summed E-state index contributed by atoms with van der Waals surface area (Å²) in [6.45, 7) is 0.0694. The summed E-state index contributed by atoms with van der Waals surface area (Å²) in [6, 6.07) is 4.01. The Morgan fingerprint density at radius 2 is 2.06 bits per heavy atom. The predicted octanol–water partition coefficient (Wildman–Crippen LogP) is 2.95. The highest BCUT2D eigenvalue weighted by Gasteiger charge is 2.34. The minimum atomic E-state index is -4.43. The molecule has 0 bridgehead atoms. The monoisotopic (exact) mass is 367 g/mol. The molecule has 1 aromatic carbocycles. The molecule has 0 aliphatic heterocycles. The van der Waals surface area contributed by atoms with Gasteiger partial charge in [0.05, 0.1) is 21.0 Å². The van der Waals surface area contributed by atoms with Crippen molar-refractivity contribution < 1.29 is 13.2 Å². The molecular weight excluding hydrogens is 358 g/mol. The maximum absolute atomic E-state index is 13.0. The van der Waals surface area contributed by atoms with Gasteiger partial charge in [0, 0.05) is 12.7 Å². The van der Waals surface area contributed by atoms with Gasteiger partial charge < -0.3 is 5.73 Å². The van der Waals surface area contributed by atoms with E-state index in [0.29, 0.717) is 5.56 Å². The lowest BCUT2D eigenvalue weighted by Gasteiger charge is -2.14. The summed E-state index contributed by atoms with van der Waals surface area (Å²) in [7, 11) is 0. The summed E-state index contributed by atoms with van der Waals surface area (Å²) in [6.07, 6.45) is -1.40. The molecule has 3 nitrogen and oxygen atoms in total. The van der Waals surface area contributed by atoms with Gasteiger partial charge in [0.2, 0.25) is 0 Å². The van der Waals surface area contributed by atoms with E-state index in [2.05, 4.69) is 5.10 Å². The first kappa shape index (κ1) is 13.3. The van der Waals surface area contributed by atoms with Crippen molar-refractivity contribution in [3.05, 3.63) is 45.3 Å². The van der Waals surface area contributed by atoms with E-state index in [1.54, 1.807) is 6.07 Å². The summed E-state index contributed by atoms with van der Waals surface area (Å²) in [5.41, 5.74) is 5.07. The Balaban J connectivity index is 2.60. The first-order valence-corrected chi connectivity index (χ1v) is 6.10. The number of halogens is 4. The zero-order valence-corrected chi connectivity index (χ0v) is 11.2. The topological polar surface area (TPSA) is 43.8 Å². The lowest BCUT2D eigenvalue weighted by atomic mass is 10.1. The maximum atomic E-state index is 13.0. The lowest BCUT2D eigenvalue weighted by molar-refractivity contribution is -0.137. The number of nitrogens with zero attached hydrogens (tertiary/aromatic N) is 2. The van der Waals surface area contributed by atoms with Crippen LogP contribution in [0, 0.1) is 3.57 Å². The zero-order chi connectivity index (χ0) is 13.3. The number of hydrogen-bond donors (Lipinski definition) is 1. The highest BCUT2D eigenvalue weighted by atomic mass is 127. The quantitative estimate of drug-likeness (QED) is 0.830. The highest BCUT2D eigenvalue weighted by Crippen LogP contribution is 2.34. The SMILES string of the molecule is NCc1ccc(-n2cc(I)cn2)c(C(F)(F)F)c1. The molecule has 0 saturated heterocycles. The van der Waals surface area contributed by atoms with Gasteiger partial charge in [-0.15, -0.1) is 0 Å². The molecule has 0 aliphatic carbocycles. The maximum Gasteiger partial charge on any atom is 0.418 e. The van der Waals surface area contributed by atoms with Crippen molar-refractivity contribution in [3.63, 3.8) is 0 Å². The number of rotatable bonds is 2. The van der Waals surface area contributed by atoms with Crippen molar-refractivity contribution in [2.75, 3.05) is 0 Å². The minimum Gasteiger partial charge on any atom is -0.326 e. The second kappa shape index (κ2) is 4.88. The standard InChI is InChI=1S/C11H9F3IN3/c12-11(13,14)9-3-7(4-16)1-2-10(9)18-6-8(15)5-17-18/h1-3,5-6H,4,16H2. The van der Waals surface area contributed by atoms with Crippen molar-refractivity contribution in [1.82, 2.24) is 9.78 Å². The average molecular weight is 367 g/mol. The zero-order valence-electron chi connectivity index (χ0n) is 9.08. The fourth-order valence-electron chi connectivity index (χ4n) is 1.57. The first-order valence-electron chi connectivity index (χ1n) is 5.02. The van der Waals surface area contributed by atoms with Crippen molar-refractivity contribution >= 4 is 22.6 Å². The van der Waals surface area contributed by atoms with Gasteiger partial charge in [0.1, 0.15) is 0 Å². The molecule has 0 spiro atoms. The molecular formula is C11H9F3IN3. The third-order valence-electron chi connectivity index (χ3n) is 2.40. The van der Waals surface area contributed by atoms with Crippen LogP contribution in [-0.2, 0) is 12.7 Å².